The smallest absolute Gasteiger partial charge is 0.257 e. The second-order valence-electron chi connectivity index (χ2n) is 8.31. The van der Waals surface area contributed by atoms with Crippen LogP contribution < -0.4 is 10.1 Å². The molecule has 0 radical (unpaired) electrons. The minimum Gasteiger partial charge on any atom is -0.488 e. The highest BCUT2D eigenvalue weighted by Crippen LogP contribution is 2.30. The lowest BCUT2D eigenvalue weighted by Crippen LogP contribution is -2.13. The van der Waals surface area contributed by atoms with Crippen LogP contribution in [0, 0.1) is 0 Å². The van der Waals surface area contributed by atoms with E-state index in [9.17, 15) is 4.79 Å². The molecule has 4 rings (SSSR count). The Morgan fingerprint density at radius 2 is 1.77 bits per heavy atom. The lowest BCUT2D eigenvalue weighted by atomic mass is 9.87. The van der Waals surface area contributed by atoms with Crippen molar-refractivity contribution in [3.8, 4) is 5.75 Å². The second-order valence-corrected chi connectivity index (χ2v) is 8.31. The van der Waals surface area contributed by atoms with E-state index in [1.807, 2.05) is 54.6 Å². The Bertz CT molecular complexity index is 1160. The number of rotatable bonds is 5. The fraction of sp³-hybridized carbons (Fsp3) is 0.200. The van der Waals surface area contributed by atoms with Crippen LogP contribution in [0.3, 0.4) is 0 Å². The zero-order valence-corrected chi connectivity index (χ0v) is 17.4. The van der Waals surface area contributed by atoms with E-state index in [4.69, 9.17) is 4.74 Å². The van der Waals surface area contributed by atoms with Gasteiger partial charge in [-0.15, -0.1) is 0 Å². The number of pyridine rings is 1. The molecule has 0 saturated carbocycles. The number of aromatic amines is 1. The summed E-state index contributed by atoms with van der Waals surface area (Å²) in [6.45, 7) is 6.90. The van der Waals surface area contributed by atoms with Gasteiger partial charge in [-0.25, -0.2) is 0 Å². The standard InChI is InChI=1S/C25H25N3O2/c1-25(2,3)18-7-9-19(10-8-18)28-24(29)20-15-27-21-5-4-6-22(23(20)21)30-16-17-11-13-26-14-12-17/h4-15,27H,16H2,1-3H3,(H,28,29). The van der Waals surface area contributed by atoms with E-state index in [0.29, 0.717) is 17.9 Å². The van der Waals surface area contributed by atoms with Crippen LogP contribution in [0.1, 0.15) is 42.3 Å². The number of anilines is 1. The minimum atomic E-state index is -0.176. The molecule has 0 fully saturated rings. The minimum absolute atomic E-state index is 0.0699. The average Bonchev–Trinajstić information content (AvgIpc) is 3.18. The van der Waals surface area contributed by atoms with Crippen molar-refractivity contribution in [1.82, 2.24) is 9.97 Å². The largest absolute Gasteiger partial charge is 0.488 e. The molecule has 152 valence electrons. The van der Waals surface area contributed by atoms with E-state index in [-0.39, 0.29) is 11.3 Å². The molecule has 0 spiro atoms. The molecular formula is C25H25N3O2. The van der Waals surface area contributed by atoms with Crippen molar-refractivity contribution in [3.05, 3.63) is 89.9 Å². The molecule has 0 saturated heterocycles. The van der Waals surface area contributed by atoms with Gasteiger partial charge in [0.05, 0.1) is 10.9 Å². The number of aromatic nitrogens is 2. The molecule has 4 aromatic rings. The Morgan fingerprint density at radius 3 is 2.47 bits per heavy atom. The lowest BCUT2D eigenvalue weighted by molar-refractivity contribution is 0.102. The number of hydrogen-bond acceptors (Lipinski definition) is 3. The average molecular weight is 399 g/mol. The summed E-state index contributed by atoms with van der Waals surface area (Å²) in [4.78, 5) is 20.2. The molecule has 0 aliphatic rings. The summed E-state index contributed by atoms with van der Waals surface area (Å²) >= 11 is 0. The van der Waals surface area contributed by atoms with Crippen molar-refractivity contribution >= 4 is 22.5 Å². The number of hydrogen-bond donors (Lipinski definition) is 2. The predicted octanol–water partition coefficient (Wildman–Crippen LogP) is 5.69. The molecule has 0 bridgehead atoms. The summed E-state index contributed by atoms with van der Waals surface area (Å²) in [5.74, 6) is 0.489. The second kappa shape index (κ2) is 8.03. The third kappa shape index (κ3) is 4.20. The summed E-state index contributed by atoms with van der Waals surface area (Å²) in [7, 11) is 0. The molecule has 2 aromatic heterocycles. The van der Waals surface area contributed by atoms with E-state index in [1.165, 1.54) is 5.56 Å². The number of fused-ring (bicyclic) bond motifs is 1. The van der Waals surface area contributed by atoms with Gasteiger partial charge in [-0.2, -0.15) is 0 Å². The van der Waals surface area contributed by atoms with Crippen molar-refractivity contribution in [3.63, 3.8) is 0 Å². The van der Waals surface area contributed by atoms with Crippen LogP contribution in [0.4, 0.5) is 5.69 Å². The first-order chi connectivity index (χ1) is 14.4. The van der Waals surface area contributed by atoms with Crippen LogP contribution in [0.15, 0.2) is 73.2 Å². The van der Waals surface area contributed by atoms with E-state index < -0.39 is 0 Å². The molecule has 2 N–H and O–H groups in total. The van der Waals surface area contributed by atoms with Crippen molar-refractivity contribution in [2.75, 3.05) is 5.32 Å². The topological polar surface area (TPSA) is 67.0 Å². The molecule has 0 aliphatic heterocycles. The first-order valence-electron chi connectivity index (χ1n) is 9.95. The molecule has 0 atom stereocenters. The summed E-state index contributed by atoms with van der Waals surface area (Å²) in [6.07, 6.45) is 5.20. The van der Waals surface area contributed by atoms with Gasteiger partial charge in [0.2, 0.25) is 0 Å². The van der Waals surface area contributed by atoms with Crippen molar-refractivity contribution in [2.45, 2.75) is 32.8 Å². The van der Waals surface area contributed by atoms with Crippen LogP contribution in [0.25, 0.3) is 10.9 Å². The Hall–Kier alpha value is -3.60. The Balaban J connectivity index is 1.57. The summed E-state index contributed by atoms with van der Waals surface area (Å²) in [6, 6.07) is 17.5. The maximum Gasteiger partial charge on any atom is 0.257 e. The fourth-order valence-corrected chi connectivity index (χ4v) is 3.34. The van der Waals surface area contributed by atoms with Crippen LogP contribution >= 0.6 is 0 Å². The molecule has 0 aliphatic carbocycles. The zero-order valence-electron chi connectivity index (χ0n) is 17.4. The van der Waals surface area contributed by atoms with E-state index in [0.717, 1.165) is 22.2 Å². The Morgan fingerprint density at radius 1 is 1.03 bits per heavy atom. The third-order valence-electron chi connectivity index (χ3n) is 5.06. The van der Waals surface area contributed by atoms with Crippen molar-refractivity contribution in [2.24, 2.45) is 0 Å². The summed E-state index contributed by atoms with van der Waals surface area (Å²) < 4.78 is 6.03. The van der Waals surface area contributed by atoms with Gasteiger partial charge in [-0.05, 0) is 52.9 Å². The van der Waals surface area contributed by atoms with Gasteiger partial charge in [0.1, 0.15) is 12.4 Å². The van der Waals surface area contributed by atoms with E-state index in [1.54, 1.807) is 18.6 Å². The predicted molar refractivity (Wildman–Crippen MR) is 120 cm³/mol. The SMILES string of the molecule is CC(C)(C)c1ccc(NC(=O)c2c[nH]c3cccc(OCc4ccncc4)c23)cc1. The molecule has 2 aromatic carbocycles. The lowest BCUT2D eigenvalue weighted by Gasteiger charge is -2.19. The van der Waals surface area contributed by atoms with Gasteiger partial charge in [0.15, 0.2) is 0 Å². The van der Waals surface area contributed by atoms with Gasteiger partial charge in [-0.3, -0.25) is 9.78 Å². The number of carbonyl (C=O) groups is 1. The maximum atomic E-state index is 13.0. The zero-order chi connectivity index (χ0) is 21.1. The summed E-state index contributed by atoms with van der Waals surface area (Å²) in [5, 5.41) is 3.77. The first-order valence-corrected chi connectivity index (χ1v) is 9.95. The first kappa shape index (κ1) is 19.7. The molecule has 2 heterocycles. The van der Waals surface area contributed by atoms with Gasteiger partial charge < -0.3 is 15.0 Å². The highest BCUT2D eigenvalue weighted by Gasteiger charge is 2.17. The van der Waals surface area contributed by atoms with E-state index in [2.05, 4.69) is 36.1 Å². The summed E-state index contributed by atoms with van der Waals surface area (Å²) in [5.41, 5.74) is 4.48. The molecule has 0 unspecified atom stereocenters. The van der Waals surface area contributed by atoms with Crippen LogP contribution in [-0.4, -0.2) is 15.9 Å². The monoisotopic (exact) mass is 399 g/mol. The number of ether oxygens (including phenoxy) is 1. The van der Waals surface area contributed by atoms with Crippen LogP contribution in [-0.2, 0) is 12.0 Å². The molecule has 5 heteroatoms. The number of carbonyl (C=O) groups excluding carboxylic acids is 1. The van der Waals surface area contributed by atoms with Gasteiger partial charge in [-0.1, -0.05) is 39.0 Å². The van der Waals surface area contributed by atoms with Gasteiger partial charge in [0, 0.05) is 29.8 Å². The van der Waals surface area contributed by atoms with Crippen molar-refractivity contribution < 1.29 is 9.53 Å². The van der Waals surface area contributed by atoms with Gasteiger partial charge >= 0.3 is 0 Å². The fourth-order valence-electron chi connectivity index (χ4n) is 3.34. The highest BCUT2D eigenvalue weighted by atomic mass is 16.5. The number of benzene rings is 2. The highest BCUT2D eigenvalue weighted by molar-refractivity contribution is 6.14. The Kier molecular flexibility index (Phi) is 5.27. The van der Waals surface area contributed by atoms with Crippen LogP contribution in [0.2, 0.25) is 0 Å². The number of nitrogens with one attached hydrogen (secondary N) is 2. The molecule has 5 nitrogen and oxygen atoms in total. The quantitative estimate of drug-likeness (QED) is 0.453. The normalized spacial score (nSPS) is 11.4. The van der Waals surface area contributed by atoms with Crippen LogP contribution in [0.5, 0.6) is 5.75 Å². The molecular weight excluding hydrogens is 374 g/mol. The number of nitrogens with zero attached hydrogens (tertiary/aromatic N) is 1. The number of H-pyrrole nitrogens is 1. The number of amides is 1. The molecule has 30 heavy (non-hydrogen) atoms. The van der Waals surface area contributed by atoms with Gasteiger partial charge in [0.25, 0.3) is 5.91 Å². The molecule has 1 amide bonds. The van der Waals surface area contributed by atoms with Crippen molar-refractivity contribution in [1.29, 1.82) is 0 Å². The third-order valence-corrected chi connectivity index (χ3v) is 5.06. The van der Waals surface area contributed by atoms with E-state index >= 15 is 0 Å². The maximum absolute atomic E-state index is 13.0. The Labute approximate surface area is 176 Å².